The van der Waals surface area contributed by atoms with E-state index in [2.05, 4.69) is 37.2 Å². The van der Waals surface area contributed by atoms with Gasteiger partial charge in [0.1, 0.15) is 0 Å². The first kappa shape index (κ1) is 13.2. The van der Waals surface area contributed by atoms with Gasteiger partial charge >= 0.3 is 0 Å². The molecule has 1 aromatic rings. The Morgan fingerprint density at radius 1 is 1.31 bits per heavy atom. The first-order chi connectivity index (χ1) is 7.60. The maximum Gasteiger partial charge on any atom is 0.0948 e. The van der Waals surface area contributed by atoms with Gasteiger partial charge < -0.3 is 10.3 Å². The SMILES string of the molecule is CCC(CC)Cn1cncc1C(N)C(C)C. The Bertz CT molecular complexity index is 300. The molecule has 1 aromatic heterocycles. The van der Waals surface area contributed by atoms with Gasteiger partial charge in [-0.1, -0.05) is 40.5 Å². The van der Waals surface area contributed by atoms with Crippen molar-refractivity contribution in [2.75, 3.05) is 0 Å². The molecule has 92 valence electrons. The van der Waals surface area contributed by atoms with Crippen molar-refractivity contribution in [3.63, 3.8) is 0 Å². The molecule has 1 atom stereocenters. The highest BCUT2D eigenvalue weighted by molar-refractivity contribution is 5.05. The highest BCUT2D eigenvalue weighted by atomic mass is 15.1. The maximum absolute atomic E-state index is 6.18. The van der Waals surface area contributed by atoms with E-state index in [0.717, 1.165) is 12.5 Å². The molecule has 0 fully saturated rings. The molecular weight excluding hydrogens is 198 g/mol. The second-order valence-electron chi connectivity index (χ2n) is 4.92. The van der Waals surface area contributed by atoms with E-state index in [-0.39, 0.29) is 6.04 Å². The fraction of sp³-hybridized carbons (Fsp3) is 0.769. The average Bonchev–Trinajstić information content (AvgIpc) is 2.72. The molecule has 3 heteroatoms. The lowest BCUT2D eigenvalue weighted by Crippen LogP contribution is -2.22. The van der Waals surface area contributed by atoms with E-state index >= 15 is 0 Å². The van der Waals surface area contributed by atoms with Crippen molar-refractivity contribution in [1.82, 2.24) is 9.55 Å². The summed E-state index contributed by atoms with van der Waals surface area (Å²) in [5, 5.41) is 0. The first-order valence-electron chi connectivity index (χ1n) is 6.35. The van der Waals surface area contributed by atoms with E-state index in [1.54, 1.807) is 0 Å². The molecule has 0 amide bonds. The number of nitrogens with two attached hydrogens (primary N) is 1. The molecule has 0 aliphatic heterocycles. The summed E-state index contributed by atoms with van der Waals surface area (Å²) in [5.74, 6) is 1.18. The molecule has 0 bridgehead atoms. The Balaban J connectivity index is 2.77. The molecule has 0 aliphatic carbocycles. The van der Waals surface area contributed by atoms with Crippen LogP contribution >= 0.6 is 0 Å². The topological polar surface area (TPSA) is 43.8 Å². The van der Waals surface area contributed by atoms with Crippen LogP contribution in [0.15, 0.2) is 12.5 Å². The van der Waals surface area contributed by atoms with Crippen LogP contribution in [0.4, 0.5) is 0 Å². The Morgan fingerprint density at radius 3 is 2.44 bits per heavy atom. The predicted molar refractivity (Wildman–Crippen MR) is 68.1 cm³/mol. The van der Waals surface area contributed by atoms with Gasteiger partial charge in [-0.3, -0.25) is 0 Å². The van der Waals surface area contributed by atoms with Gasteiger partial charge in [-0.15, -0.1) is 0 Å². The molecule has 0 aromatic carbocycles. The standard InChI is InChI=1S/C13H25N3/c1-5-11(6-2)8-16-9-15-7-12(16)13(14)10(3)4/h7,9-11,13H,5-6,8,14H2,1-4H3. The number of nitrogens with zero attached hydrogens (tertiary/aromatic N) is 2. The summed E-state index contributed by atoms with van der Waals surface area (Å²) in [6.07, 6.45) is 6.25. The van der Waals surface area contributed by atoms with Crippen molar-refractivity contribution in [3.05, 3.63) is 18.2 Å². The summed E-state index contributed by atoms with van der Waals surface area (Å²) < 4.78 is 2.22. The third-order valence-corrected chi connectivity index (χ3v) is 3.41. The molecule has 3 nitrogen and oxygen atoms in total. The Kier molecular flexibility index (Phi) is 5.00. The van der Waals surface area contributed by atoms with Crippen LogP contribution in [0.25, 0.3) is 0 Å². The fourth-order valence-electron chi connectivity index (χ4n) is 1.93. The number of imidazole rings is 1. The van der Waals surface area contributed by atoms with Crippen molar-refractivity contribution in [3.8, 4) is 0 Å². The van der Waals surface area contributed by atoms with Crippen molar-refractivity contribution in [1.29, 1.82) is 0 Å². The number of rotatable bonds is 6. The van der Waals surface area contributed by atoms with Crippen molar-refractivity contribution >= 4 is 0 Å². The van der Waals surface area contributed by atoms with Crippen molar-refractivity contribution < 1.29 is 0 Å². The van der Waals surface area contributed by atoms with Crippen molar-refractivity contribution in [2.45, 2.75) is 53.1 Å². The summed E-state index contributed by atoms with van der Waals surface area (Å²) in [6.45, 7) is 9.83. The Labute approximate surface area is 99.1 Å². The highest BCUT2D eigenvalue weighted by Gasteiger charge is 2.16. The van der Waals surface area contributed by atoms with Crippen LogP contribution in [-0.4, -0.2) is 9.55 Å². The van der Waals surface area contributed by atoms with E-state index in [1.165, 1.54) is 18.5 Å². The zero-order valence-corrected chi connectivity index (χ0v) is 11.0. The lowest BCUT2D eigenvalue weighted by Gasteiger charge is -2.20. The third kappa shape index (κ3) is 3.08. The lowest BCUT2D eigenvalue weighted by molar-refractivity contribution is 0.393. The number of hydrogen-bond acceptors (Lipinski definition) is 2. The zero-order valence-electron chi connectivity index (χ0n) is 11.0. The van der Waals surface area contributed by atoms with Gasteiger partial charge in [0.15, 0.2) is 0 Å². The van der Waals surface area contributed by atoms with Crippen LogP contribution < -0.4 is 5.73 Å². The Morgan fingerprint density at radius 2 is 1.94 bits per heavy atom. The first-order valence-corrected chi connectivity index (χ1v) is 6.35. The quantitative estimate of drug-likeness (QED) is 0.805. The van der Waals surface area contributed by atoms with Gasteiger partial charge in [0.25, 0.3) is 0 Å². The van der Waals surface area contributed by atoms with Gasteiger partial charge in [0.2, 0.25) is 0 Å². The van der Waals surface area contributed by atoms with Gasteiger partial charge in [-0.05, 0) is 11.8 Å². The van der Waals surface area contributed by atoms with E-state index < -0.39 is 0 Å². The van der Waals surface area contributed by atoms with Gasteiger partial charge in [0.05, 0.1) is 12.0 Å². The largest absolute Gasteiger partial charge is 0.333 e. The minimum atomic E-state index is 0.0943. The molecule has 0 saturated carbocycles. The van der Waals surface area contributed by atoms with Crippen LogP contribution in [0.3, 0.4) is 0 Å². The average molecular weight is 223 g/mol. The molecule has 2 N–H and O–H groups in total. The maximum atomic E-state index is 6.18. The van der Waals surface area contributed by atoms with E-state index in [4.69, 9.17) is 5.73 Å². The monoisotopic (exact) mass is 223 g/mol. The second-order valence-corrected chi connectivity index (χ2v) is 4.92. The third-order valence-electron chi connectivity index (χ3n) is 3.41. The van der Waals surface area contributed by atoms with E-state index in [9.17, 15) is 0 Å². The molecule has 0 aliphatic rings. The molecule has 1 heterocycles. The van der Waals surface area contributed by atoms with E-state index in [0.29, 0.717) is 5.92 Å². The summed E-state index contributed by atoms with van der Waals surface area (Å²) in [7, 11) is 0. The normalized spacial score (nSPS) is 13.7. The molecule has 0 radical (unpaired) electrons. The van der Waals surface area contributed by atoms with Crippen molar-refractivity contribution in [2.24, 2.45) is 17.6 Å². The number of aromatic nitrogens is 2. The molecular formula is C13H25N3. The summed E-state index contributed by atoms with van der Waals surface area (Å²) in [4.78, 5) is 4.23. The fourth-order valence-corrected chi connectivity index (χ4v) is 1.93. The van der Waals surface area contributed by atoms with Crippen LogP contribution in [0.2, 0.25) is 0 Å². The summed E-state index contributed by atoms with van der Waals surface area (Å²) >= 11 is 0. The molecule has 1 unspecified atom stereocenters. The lowest BCUT2D eigenvalue weighted by atomic mass is 10.0. The second kappa shape index (κ2) is 6.04. The molecule has 0 saturated heterocycles. The predicted octanol–water partition coefficient (Wildman–Crippen LogP) is 2.98. The van der Waals surface area contributed by atoms with Gasteiger partial charge in [-0.2, -0.15) is 0 Å². The van der Waals surface area contributed by atoms with Crippen LogP contribution in [0, 0.1) is 11.8 Å². The summed E-state index contributed by atoms with van der Waals surface area (Å²) in [5.41, 5.74) is 7.35. The molecule has 16 heavy (non-hydrogen) atoms. The smallest absolute Gasteiger partial charge is 0.0948 e. The van der Waals surface area contributed by atoms with Crippen LogP contribution in [0.1, 0.15) is 52.3 Å². The minimum Gasteiger partial charge on any atom is -0.333 e. The molecule has 1 rings (SSSR count). The van der Waals surface area contributed by atoms with Crippen LogP contribution in [0.5, 0.6) is 0 Å². The zero-order chi connectivity index (χ0) is 12.1. The Hall–Kier alpha value is -0.830. The van der Waals surface area contributed by atoms with Crippen LogP contribution in [-0.2, 0) is 6.54 Å². The minimum absolute atomic E-state index is 0.0943. The molecule has 0 spiro atoms. The summed E-state index contributed by atoms with van der Waals surface area (Å²) in [6, 6.07) is 0.0943. The van der Waals surface area contributed by atoms with Gasteiger partial charge in [-0.25, -0.2) is 4.98 Å². The highest BCUT2D eigenvalue weighted by Crippen LogP contribution is 2.20. The van der Waals surface area contributed by atoms with Gasteiger partial charge in [0, 0.05) is 18.8 Å². The number of hydrogen-bond donors (Lipinski definition) is 1. The van der Waals surface area contributed by atoms with E-state index in [1.807, 2.05) is 12.5 Å².